The summed E-state index contributed by atoms with van der Waals surface area (Å²) < 4.78 is 6.10. The number of fused-ring (bicyclic) bond motifs is 1. The molecule has 0 bridgehead atoms. The number of oxazole rings is 1. The molecule has 2 aromatic rings. The second-order valence-electron chi connectivity index (χ2n) is 5.68. The Labute approximate surface area is 108 Å². The molecule has 18 heavy (non-hydrogen) atoms. The van der Waals surface area contributed by atoms with Gasteiger partial charge in [0.15, 0.2) is 5.58 Å². The van der Waals surface area contributed by atoms with Crippen LogP contribution in [-0.2, 0) is 5.41 Å². The molecule has 1 N–H and O–H groups in total. The molecule has 3 nitrogen and oxygen atoms in total. The van der Waals surface area contributed by atoms with Gasteiger partial charge in [-0.05, 0) is 37.4 Å². The van der Waals surface area contributed by atoms with Crippen LogP contribution in [0.25, 0.3) is 11.1 Å². The fraction of sp³-hybridized carbons (Fsp3) is 0.533. The predicted molar refractivity (Wildman–Crippen MR) is 72.7 cm³/mol. The summed E-state index contributed by atoms with van der Waals surface area (Å²) in [6.45, 7) is 8.61. The number of rotatable bonds is 2. The van der Waals surface area contributed by atoms with Crippen LogP contribution in [0.15, 0.2) is 22.6 Å². The van der Waals surface area contributed by atoms with E-state index < -0.39 is 0 Å². The van der Waals surface area contributed by atoms with Gasteiger partial charge in [0.05, 0.1) is 5.41 Å². The minimum atomic E-state index is 0.0610. The number of aryl methyl sites for hydroxylation is 1. The van der Waals surface area contributed by atoms with Gasteiger partial charge >= 0.3 is 0 Å². The molecule has 0 saturated carbocycles. The Morgan fingerprint density at radius 1 is 1.39 bits per heavy atom. The van der Waals surface area contributed by atoms with Gasteiger partial charge in [0.1, 0.15) is 5.52 Å². The van der Waals surface area contributed by atoms with Gasteiger partial charge in [-0.2, -0.15) is 0 Å². The molecular weight excluding hydrogens is 224 g/mol. The van der Waals surface area contributed by atoms with Crippen LogP contribution in [0.5, 0.6) is 0 Å². The molecule has 3 heteroatoms. The zero-order valence-corrected chi connectivity index (χ0v) is 11.3. The molecule has 1 unspecified atom stereocenters. The van der Waals surface area contributed by atoms with E-state index in [0.717, 1.165) is 42.1 Å². The number of hydrogen-bond acceptors (Lipinski definition) is 3. The second-order valence-corrected chi connectivity index (χ2v) is 5.68. The highest BCUT2D eigenvalue weighted by Gasteiger charge is 2.43. The van der Waals surface area contributed by atoms with E-state index in [2.05, 4.69) is 32.2 Å². The topological polar surface area (TPSA) is 38.1 Å². The average Bonchev–Trinajstić information content (AvgIpc) is 2.96. The van der Waals surface area contributed by atoms with Gasteiger partial charge in [-0.3, -0.25) is 0 Å². The Hall–Kier alpha value is -1.35. The van der Waals surface area contributed by atoms with E-state index in [-0.39, 0.29) is 5.41 Å². The van der Waals surface area contributed by atoms with Gasteiger partial charge in [-0.1, -0.05) is 26.0 Å². The third-order valence-corrected chi connectivity index (χ3v) is 4.33. The van der Waals surface area contributed by atoms with Gasteiger partial charge in [-0.15, -0.1) is 0 Å². The second kappa shape index (κ2) is 4.09. The van der Waals surface area contributed by atoms with Crippen molar-refractivity contribution in [2.45, 2.75) is 32.6 Å². The molecule has 0 amide bonds. The largest absolute Gasteiger partial charge is 0.440 e. The summed E-state index contributed by atoms with van der Waals surface area (Å²) in [4.78, 5) is 4.74. The normalized spacial score (nSPS) is 24.2. The highest BCUT2D eigenvalue weighted by Crippen LogP contribution is 2.39. The Morgan fingerprint density at radius 3 is 2.83 bits per heavy atom. The molecule has 2 heterocycles. The van der Waals surface area contributed by atoms with Crippen molar-refractivity contribution in [1.82, 2.24) is 10.3 Å². The highest BCUT2D eigenvalue weighted by atomic mass is 16.3. The molecule has 1 saturated heterocycles. The zero-order chi connectivity index (χ0) is 12.8. The van der Waals surface area contributed by atoms with Crippen LogP contribution in [-0.4, -0.2) is 18.1 Å². The number of benzene rings is 1. The summed E-state index contributed by atoms with van der Waals surface area (Å²) in [5.74, 6) is 1.44. The van der Waals surface area contributed by atoms with E-state index in [4.69, 9.17) is 9.40 Å². The molecule has 1 aromatic heterocycles. The molecule has 3 rings (SSSR count). The van der Waals surface area contributed by atoms with Gasteiger partial charge in [0, 0.05) is 6.54 Å². The molecule has 96 valence electrons. The van der Waals surface area contributed by atoms with Gasteiger partial charge in [-0.25, -0.2) is 4.98 Å². The first kappa shape index (κ1) is 11.7. The minimum Gasteiger partial charge on any atom is -0.440 e. The Balaban J connectivity index is 2.16. The van der Waals surface area contributed by atoms with Crippen molar-refractivity contribution in [2.24, 2.45) is 5.92 Å². The van der Waals surface area contributed by atoms with E-state index >= 15 is 0 Å². The summed E-state index contributed by atoms with van der Waals surface area (Å²) >= 11 is 0. The number of para-hydroxylation sites is 1. The quantitative estimate of drug-likeness (QED) is 0.882. The number of hydrogen-bond donors (Lipinski definition) is 1. The van der Waals surface area contributed by atoms with Crippen LogP contribution in [0.4, 0.5) is 0 Å². The van der Waals surface area contributed by atoms with E-state index in [1.807, 2.05) is 12.1 Å². The standard InChI is InChI=1S/C15H20N2O/c1-10(2)15(7-8-16-9-15)14-17-12-6-4-5-11(3)13(12)18-14/h4-6,10,16H,7-9H2,1-3H3. The molecule has 1 aliphatic rings. The first-order valence-corrected chi connectivity index (χ1v) is 6.71. The molecule has 0 spiro atoms. The maximum absolute atomic E-state index is 6.10. The fourth-order valence-corrected chi connectivity index (χ4v) is 2.93. The van der Waals surface area contributed by atoms with Crippen molar-refractivity contribution in [3.63, 3.8) is 0 Å². The maximum Gasteiger partial charge on any atom is 0.203 e. The van der Waals surface area contributed by atoms with Crippen molar-refractivity contribution in [2.75, 3.05) is 13.1 Å². The lowest BCUT2D eigenvalue weighted by atomic mass is 9.76. The Morgan fingerprint density at radius 2 is 2.22 bits per heavy atom. The lowest BCUT2D eigenvalue weighted by molar-refractivity contribution is 0.269. The molecular formula is C15H20N2O. The van der Waals surface area contributed by atoms with Gasteiger partial charge < -0.3 is 9.73 Å². The van der Waals surface area contributed by atoms with Crippen LogP contribution in [0.1, 0.15) is 31.7 Å². The molecule has 0 radical (unpaired) electrons. The lowest BCUT2D eigenvalue weighted by Gasteiger charge is -2.28. The lowest BCUT2D eigenvalue weighted by Crippen LogP contribution is -2.35. The third-order valence-electron chi connectivity index (χ3n) is 4.33. The SMILES string of the molecule is Cc1cccc2nc(C3(C(C)C)CCNC3)oc12. The first-order chi connectivity index (χ1) is 8.63. The summed E-state index contributed by atoms with van der Waals surface area (Å²) in [5, 5.41) is 3.45. The average molecular weight is 244 g/mol. The molecule has 0 aliphatic carbocycles. The third kappa shape index (κ3) is 1.57. The van der Waals surface area contributed by atoms with Gasteiger partial charge in [0.2, 0.25) is 5.89 Å². The Kier molecular flexibility index (Phi) is 2.67. The van der Waals surface area contributed by atoms with Crippen LogP contribution < -0.4 is 5.32 Å². The number of aromatic nitrogens is 1. The maximum atomic E-state index is 6.10. The predicted octanol–water partition coefficient (Wildman–Crippen LogP) is 3.02. The monoisotopic (exact) mass is 244 g/mol. The van der Waals surface area contributed by atoms with Gasteiger partial charge in [0.25, 0.3) is 0 Å². The Bertz CT molecular complexity index is 565. The summed E-state index contributed by atoms with van der Waals surface area (Å²) in [6.07, 6.45) is 1.11. The molecule has 1 atom stereocenters. The smallest absolute Gasteiger partial charge is 0.203 e. The highest BCUT2D eigenvalue weighted by molar-refractivity contribution is 5.76. The minimum absolute atomic E-state index is 0.0610. The van der Waals surface area contributed by atoms with E-state index in [9.17, 15) is 0 Å². The van der Waals surface area contributed by atoms with E-state index in [1.54, 1.807) is 0 Å². The van der Waals surface area contributed by atoms with Crippen LogP contribution >= 0.6 is 0 Å². The van der Waals surface area contributed by atoms with E-state index in [0.29, 0.717) is 5.92 Å². The molecule has 1 aromatic carbocycles. The van der Waals surface area contributed by atoms with Crippen molar-refractivity contribution < 1.29 is 4.42 Å². The zero-order valence-electron chi connectivity index (χ0n) is 11.3. The van der Waals surface area contributed by atoms with E-state index in [1.165, 1.54) is 0 Å². The van der Waals surface area contributed by atoms with Crippen molar-refractivity contribution in [3.05, 3.63) is 29.7 Å². The van der Waals surface area contributed by atoms with Crippen molar-refractivity contribution in [1.29, 1.82) is 0 Å². The molecule has 1 fully saturated rings. The van der Waals surface area contributed by atoms with Crippen LogP contribution in [0.2, 0.25) is 0 Å². The van der Waals surface area contributed by atoms with Crippen molar-refractivity contribution >= 4 is 11.1 Å². The fourth-order valence-electron chi connectivity index (χ4n) is 2.93. The number of nitrogens with one attached hydrogen (secondary N) is 1. The van der Waals surface area contributed by atoms with Crippen LogP contribution in [0.3, 0.4) is 0 Å². The summed E-state index contributed by atoms with van der Waals surface area (Å²) in [5.41, 5.74) is 3.15. The summed E-state index contributed by atoms with van der Waals surface area (Å²) in [7, 11) is 0. The first-order valence-electron chi connectivity index (χ1n) is 6.71. The molecule has 1 aliphatic heterocycles. The number of nitrogens with zero attached hydrogens (tertiary/aromatic N) is 1. The van der Waals surface area contributed by atoms with Crippen molar-refractivity contribution in [3.8, 4) is 0 Å². The summed E-state index contributed by atoms with van der Waals surface area (Å²) in [6, 6.07) is 6.15. The van der Waals surface area contributed by atoms with Crippen LogP contribution in [0, 0.1) is 12.8 Å².